The van der Waals surface area contributed by atoms with Crippen LogP contribution in [0.4, 0.5) is 0 Å². The monoisotopic (exact) mass is 392 g/mol. The first-order valence-electron chi connectivity index (χ1n) is 9.39. The Morgan fingerprint density at radius 3 is 2.83 bits per heavy atom. The van der Waals surface area contributed by atoms with Gasteiger partial charge in [-0.05, 0) is 49.8 Å². The Balaban J connectivity index is 1.54. The molecule has 0 saturated heterocycles. The van der Waals surface area contributed by atoms with Crippen LogP contribution in [0.3, 0.4) is 0 Å². The van der Waals surface area contributed by atoms with E-state index in [1.807, 2.05) is 37.3 Å². The van der Waals surface area contributed by atoms with Gasteiger partial charge in [-0.2, -0.15) is 0 Å². The summed E-state index contributed by atoms with van der Waals surface area (Å²) in [7, 11) is 0. The topological polar surface area (TPSA) is 71.1 Å². The van der Waals surface area contributed by atoms with Crippen LogP contribution in [0.1, 0.15) is 29.8 Å². The minimum Gasteiger partial charge on any atom is -0.485 e. The van der Waals surface area contributed by atoms with Crippen molar-refractivity contribution in [2.45, 2.75) is 20.0 Å². The summed E-state index contributed by atoms with van der Waals surface area (Å²) in [4.78, 5) is 24.1. The van der Waals surface area contributed by atoms with Crippen LogP contribution in [0.25, 0.3) is 6.08 Å². The van der Waals surface area contributed by atoms with Gasteiger partial charge >= 0.3 is 5.97 Å². The number of Topliss-reactive ketones (excluding diaryl/α,β-unsaturated/α-hetero) is 1. The number of rotatable bonds is 5. The first-order valence-corrected chi connectivity index (χ1v) is 9.39. The summed E-state index contributed by atoms with van der Waals surface area (Å²) in [5.41, 5.74) is 2.25. The fraction of sp³-hybridized carbons (Fsp3) is 0.217. The van der Waals surface area contributed by atoms with Gasteiger partial charge in [-0.3, -0.25) is 4.79 Å². The van der Waals surface area contributed by atoms with E-state index in [4.69, 9.17) is 18.9 Å². The Kier molecular flexibility index (Phi) is 5.08. The lowest BCUT2D eigenvalue weighted by atomic mass is 10.0. The number of para-hydroxylation sites is 1. The summed E-state index contributed by atoms with van der Waals surface area (Å²) in [5, 5.41) is 0. The molecule has 1 atom stereocenters. The number of carbonyl (C=O) groups excluding carboxylic acids is 2. The number of esters is 1. The molecule has 0 aliphatic carbocycles. The molecule has 0 amide bonds. The molecule has 0 bridgehead atoms. The Bertz CT molecular complexity index is 1030. The normalized spacial score (nSPS) is 18.3. The van der Waals surface area contributed by atoms with Crippen molar-refractivity contribution >= 4 is 17.8 Å². The minimum absolute atomic E-state index is 0.204. The summed E-state index contributed by atoms with van der Waals surface area (Å²) in [5.74, 6) is 1.20. The summed E-state index contributed by atoms with van der Waals surface area (Å²) in [6.45, 7) is 3.74. The molecule has 29 heavy (non-hydrogen) atoms. The van der Waals surface area contributed by atoms with Gasteiger partial charge in [0.05, 0.1) is 12.2 Å². The van der Waals surface area contributed by atoms with E-state index in [0.29, 0.717) is 23.7 Å². The molecule has 2 heterocycles. The molecule has 4 rings (SSSR count). The van der Waals surface area contributed by atoms with Crippen molar-refractivity contribution < 1.29 is 28.5 Å². The van der Waals surface area contributed by atoms with Gasteiger partial charge in [0, 0.05) is 11.6 Å². The number of fused-ring (bicyclic) bond motifs is 2. The van der Waals surface area contributed by atoms with Crippen LogP contribution in [0, 0.1) is 0 Å². The fourth-order valence-electron chi connectivity index (χ4n) is 3.17. The summed E-state index contributed by atoms with van der Waals surface area (Å²) in [6, 6.07) is 12.6. The van der Waals surface area contributed by atoms with Crippen molar-refractivity contribution in [1.82, 2.24) is 0 Å². The molecule has 2 aromatic carbocycles. The van der Waals surface area contributed by atoms with Gasteiger partial charge in [0.15, 0.2) is 12.4 Å². The van der Waals surface area contributed by atoms with E-state index < -0.39 is 5.97 Å². The maximum atomic E-state index is 12.7. The van der Waals surface area contributed by atoms with Crippen molar-refractivity contribution in [2.24, 2.45) is 0 Å². The number of allylic oxidation sites excluding steroid dienone is 1. The van der Waals surface area contributed by atoms with Crippen molar-refractivity contribution in [3.63, 3.8) is 0 Å². The number of ketones is 1. The highest BCUT2D eigenvalue weighted by atomic mass is 16.6. The molecular weight excluding hydrogens is 372 g/mol. The largest absolute Gasteiger partial charge is 0.485 e. The van der Waals surface area contributed by atoms with Crippen LogP contribution in [0.2, 0.25) is 0 Å². The number of carbonyl (C=O) groups is 2. The zero-order chi connectivity index (χ0) is 20.4. The second kappa shape index (κ2) is 7.83. The molecule has 6 heteroatoms. The number of ether oxygens (including phenoxy) is 4. The van der Waals surface area contributed by atoms with E-state index in [0.717, 1.165) is 16.9 Å². The van der Waals surface area contributed by atoms with Crippen molar-refractivity contribution in [3.8, 4) is 17.2 Å². The first kappa shape index (κ1) is 18.8. The maximum Gasteiger partial charge on any atom is 0.344 e. The number of hydrogen-bond acceptors (Lipinski definition) is 6. The summed E-state index contributed by atoms with van der Waals surface area (Å²) < 4.78 is 21.9. The third-order valence-electron chi connectivity index (χ3n) is 4.62. The Labute approximate surface area is 168 Å². The average molecular weight is 392 g/mol. The predicted octanol–water partition coefficient (Wildman–Crippen LogP) is 3.95. The summed E-state index contributed by atoms with van der Waals surface area (Å²) in [6.07, 6.45) is 3.49. The third-order valence-corrected chi connectivity index (χ3v) is 4.62. The van der Waals surface area contributed by atoms with E-state index in [-0.39, 0.29) is 24.3 Å². The van der Waals surface area contributed by atoms with Crippen LogP contribution in [-0.2, 0) is 9.53 Å². The average Bonchev–Trinajstić information content (AvgIpc) is 3.02. The number of benzene rings is 2. The quantitative estimate of drug-likeness (QED) is 0.567. The molecule has 6 nitrogen and oxygen atoms in total. The zero-order valence-electron chi connectivity index (χ0n) is 16.1. The predicted molar refractivity (Wildman–Crippen MR) is 106 cm³/mol. The van der Waals surface area contributed by atoms with Crippen LogP contribution >= 0.6 is 0 Å². The standard InChI is InChI=1S/C23H20O6/c1-3-26-22(24)13-27-17-8-9-18-20(12-17)29-21(23(18)25)11-16-10-15-6-4-5-7-19(15)28-14(16)2/h4-12,14H,3,13H2,1-2H3/t14-/m0/s1. The van der Waals surface area contributed by atoms with E-state index in [1.165, 1.54) is 0 Å². The second-order valence-corrected chi connectivity index (χ2v) is 6.63. The smallest absolute Gasteiger partial charge is 0.344 e. The van der Waals surface area contributed by atoms with E-state index >= 15 is 0 Å². The van der Waals surface area contributed by atoms with Gasteiger partial charge in [0.1, 0.15) is 23.4 Å². The second-order valence-electron chi connectivity index (χ2n) is 6.63. The Hall–Kier alpha value is -3.54. The lowest BCUT2D eigenvalue weighted by Gasteiger charge is -2.22. The zero-order valence-corrected chi connectivity index (χ0v) is 16.1. The molecule has 0 saturated carbocycles. The Morgan fingerprint density at radius 1 is 1.17 bits per heavy atom. The molecular formula is C23H20O6. The van der Waals surface area contributed by atoms with Crippen LogP contribution in [0.15, 0.2) is 59.9 Å². The highest BCUT2D eigenvalue weighted by Gasteiger charge is 2.29. The molecule has 2 aliphatic rings. The number of hydrogen-bond donors (Lipinski definition) is 0. The van der Waals surface area contributed by atoms with E-state index in [9.17, 15) is 9.59 Å². The fourth-order valence-corrected chi connectivity index (χ4v) is 3.17. The molecule has 2 aromatic rings. The first-order chi connectivity index (χ1) is 14.0. The van der Waals surface area contributed by atoms with Crippen LogP contribution in [0.5, 0.6) is 17.2 Å². The lowest BCUT2D eigenvalue weighted by Crippen LogP contribution is -2.18. The van der Waals surface area contributed by atoms with Gasteiger partial charge in [0.25, 0.3) is 0 Å². The minimum atomic E-state index is -0.455. The Morgan fingerprint density at radius 2 is 2.00 bits per heavy atom. The molecule has 0 spiro atoms. The van der Waals surface area contributed by atoms with E-state index in [1.54, 1.807) is 31.2 Å². The van der Waals surface area contributed by atoms with Gasteiger partial charge in [-0.1, -0.05) is 18.2 Å². The molecule has 0 N–H and O–H groups in total. The van der Waals surface area contributed by atoms with Crippen LogP contribution < -0.4 is 14.2 Å². The van der Waals surface area contributed by atoms with Crippen molar-refractivity contribution in [3.05, 3.63) is 71.0 Å². The molecule has 0 fully saturated rings. The van der Waals surface area contributed by atoms with Gasteiger partial charge in [-0.25, -0.2) is 4.79 Å². The van der Waals surface area contributed by atoms with Crippen molar-refractivity contribution in [1.29, 1.82) is 0 Å². The highest BCUT2D eigenvalue weighted by molar-refractivity contribution is 6.12. The molecule has 0 aromatic heterocycles. The SMILES string of the molecule is CCOC(=O)COc1ccc2c(c1)OC(=CC1=Cc3ccccc3O[C@H]1C)C2=O. The van der Waals surface area contributed by atoms with E-state index in [2.05, 4.69) is 0 Å². The van der Waals surface area contributed by atoms with Gasteiger partial charge in [0.2, 0.25) is 5.78 Å². The molecule has 148 valence electrons. The maximum absolute atomic E-state index is 12.7. The van der Waals surface area contributed by atoms with Crippen LogP contribution in [-0.4, -0.2) is 31.1 Å². The summed E-state index contributed by atoms with van der Waals surface area (Å²) >= 11 is 0. The molecule has 0 radical (unpaired) electrons. The molecule has 2 aliphatic heterocycles. The molecule has 0 unspecified atom stereocenters. The highest BCUT2D eigenvalue weighted by Crippen LogP contribution is 2.36. The van der Waals surface area contributed by atoms with Gasteiger partial charge < -0.3 is 18.9 Å². The van der Waals surface area contributed by atoms with Gasteiger partial charge in [-0.15, -0.1) is 0 Å². The lowest BCUT2D eigenvalue weighted by molar-refractivity contribution is -0.145. The van der Waals surface area contributed by atoms with Crippen molar-refractivity contribution in [2.75, 3.05) is 13.2 Å². The third kappa shape index (κ3) is 3.87.